The molecule has 0 radical (unpaired) electrons. The summed E-state index contributed by atoms with van der Waals surface area (Å²) in [4.78, 5) is 0. The van der Waals surface area contributed by atoms with Gasteiger partial charge < -0.3 is 5.32 Å². The summed E-state index contributed by atoms with van der Waals surface area (Å²) in [7, 11) is 0. The Labute approximate surface area is 130 Å². The van der Waals surface area contributed by atoms with E-state index in [0.717, 1.165) is 33.0 Å². The summed E-state index contributed by atoms with van der Waals surface area (Å²) in [6.45, 7) is 5.22. The minimum atomic E-state index is 0.220. The van der Waals surface area contributed by atoms with E-state index in [1.54, 1.807) is 11.3 Å². The number of nitrogens with zero attached hydrogens (tertiary/aromatic N) is 2. The molecule has 1 N–H and O–H groups in total. The molecule has 0 aliphatic heterocycles. The lowest BCUT2D eigenvalue weighted by Gasteiger charge is -2.08. The normalized spacial score (nSPS) is 12.6. The van der Waals surface area contributed by atoms with Gasteiger partial charge in [-0.1, -0.05) is 45.8 Å². The molecule has 6 heteroatoms. The van der Waals surface area contributed by atoms with Crippen molar-refractivity contribution < 1.29 is 0 Å². The molecule has 0 saturated heterocycles. The Bertz CT molecular complexity index is 559. The molecule has 1 unspecified atom stereocenters. The van der Waals surface area contributed by atoms with Crippen molar-refractivity contribution in [1.29, 1.82) is 0 Å². The number of hydrogen-bond acceptors (Lipinski definition) is 4. The molecule has 1 aromatic heterocycles. The quantitative estimate of drug-likeness (QED) is 0.841. The smallest absolute Gasteiger partial charge is 0.149 e. The van der Waals surface area contributed by atoms with Crippen LogP contribution in [0, 0.1) is 0 Å². The zero-order chi connectivity index (χ0) is 13.8. The van der Waals surface area contributed by atoms with Crippen molar-refractivity contribution in [2.45, 2.75) is 26.3 Å². The van der Waals surface area contributed by atoms with Gasteiger partial charge in [0.1, 0.15) is 10.0 Å². The molecule has 0 saturated carbocycles. The van der Waals surface area contributed by atoms with E-state index in [-0.39, 0.29) is 6.04 Å². The van der Waals surface area contributed by atoms with Crippen molar-refractivity contribution in [1.82, 2.24) is 15.5 Å². The van der Waals surface area contributed by atoms with Gasteiger partial charge in [0.25, 0.3) is 0 Å². The number of aromatic nitrogens is 2. The number of benzene rings is 1. The van der Waals surface area contributed by atoms with Gasteiger partial charge in [0, 0.05) is 10.0 Å². The van der Waals surface area contributed by atoms with Crippen molar-refractivity contribution in [3.8, 4) is 10.6 Å². The van der Waals surface area contributed by atoms with Crippen molar-refractivity contribution >= 4 is 38.9 Å². The molecule has 3 nitrogen and oxygen atoms in total. The lowest BCUT2D eigenvalue weighted by molar-refractivity contribution is 0.564. The highest BCUT2D eigenvalue weighted by Gasteiger charge is 2.14. The lowest BCUT2D eigenvalue weighted by atomic mass is 10.2. The average molecular weight is 361 g/mol. The highest BCUT2D eigenvalue weighted by molar-refractivity contribution is 9.10. The molecule has 0 bridgehead atoms. The van der Waals surface area contributed by atoms with Gasteiger partial charge in [-0.15, -0.1) is 10.2 Å². The van der Waals surface area contributed by atoms with Gasteiger partial charge in [-0.3, -0.25) is 0 Å². The molecule has 0 aliphatic carbocycles. The maximum absolute atomic E-state index is 6.21. The first-order valence-corrected chi connectivity index (χ1v) is 8.12. The minimum absolute atomic E-state index is 0.220. The van der Waals surface area contributed by atoms with Gasteiger partial charge in [-0.25, -0.2) is 0 Å². The zero-order valence-corrected chi connectivity index (χ0v) is 13.9. The molecule has 0 spiro atoms. The van der Waals surface area contributed by atoms with Crippen LogP contribution in [0.2, 0.25) is 5.02 Å². The van der Waals surface area contributed by atoms with Gasteiger partial charge in [0.05, 0.1) is 11.1 Å². The van der Waals surface area contributed by atoms with Crippen LogP contribution in [-0.2, 0) is 0 Å². The predicted octanol–water partition coefficient (Wildman–Crippen LogP) is 4.68. The molecule has 0 aliphatic rings. The molecule has 0 fully saturated rings. The Morgan fingerprint density at radius 3 is 2.95 bits per heavy atom. The summed E-state index contributed by atoms with van der Waals surface area (Å²) < 4.78 is 0.987. The number of halogens is 2. The van der Waals surface area contributed by atoms with E-state index in [4.69, 9.17) is 11.6 Å². The SMILES string of the molecule is CCCNC(C)c1nnc(-c2cc(Br)ccc2Cl)s1. The highest BCUT2D eigenvalue weighted by atomic mass is 79.9. The molecule has 2 rings (SSSR count). The van der Waals surface area contributed by atoms with Crippen LogP contribution >= 0.6 is 38.9 Å². The van der Waals surface area contributed by atoms with Crippen LogP contribution in [-0.4, -0.2) is 16.7 Å². The van der Waals surface area contributed by atoms with Crippen LogP contribution < -0.4 is 5.32 Å². The maximum atomic E-state index is 6.21. The van der Waals surface area contributed by atoms with E-state index in [1.165, 1.54) is 0 Å². The van der Waals surface area contributed by atoms with Crippen LogP contribution in [0.5, 0.6) is 0 Å². The summed E-state index contributed by atoms with van der Waals surface area (Å²) in [6.07, 6.45) is 1.10. The second kappa shape index (κ2) is 6.79. The fourth-order valence-electron chi connectivity index (χ4n) is 1.63. The van der Waals surface area contributed by atoms with Crippen molar-refractivity contribution in [3.05, 3.63) is 32.7 Å². The Morgan fingerprint density at radius 1 is 1.42 bits per heavy atom. The average Bonchev–Trinajstić information content (AvgIpc) is 2.88. The van der Waals surface area contributed by atoms with Crippen molar-refractivity contribution in [2.75, 3.05) is 6.54 Å². The summed E-state index contributed by atoms with van der Waals surface area (Å²) in [5.74, 6) is 0. The Kier molecular flexibility index (Phi) is 5.33. The summed E-state index contributed by atoms with van der Waals surface area (Å²) in [5.41, 5.74) is 0.919. The van der Waals surface area contributed by atoms with Crippen LogP contribution in [0.15, 0.2) is 22.7 Å². The van der Waals surface area contributed by atoms with E-state index in [1.807, 2.05) is 18.2 Å². The maximum Gasteiger partial charge on any atom is 0.149 e. The van der Waals surface area contributed by atoms with Crippen LogP contribution in [0.1, 0.15) is 31.3 Å². The third kappa shape index (κ3) is 3.75. The number of nitrogens with one attached hydrogen (secondary N) is 1. The Morgan fingerprint density at radius 2 is 2.21 bits per heavy atom. The number of hydrogen-bond donors (Lipinski definition) is 1. The van der Waals surface area contributed by atoms with E-state index >= 15 is 0 Å². The summed E-state index contributed by atoms with van der Waals surface area (Å²) in [6, 6.07) is 5.97. The first-order valence-electron chi connectivity index (χ1n) is 6.14. The van der Waals surface area contributed by atoms with Crippen molar-refractivity contribution in [2.24, 2.45) is 0 Å². The molecule has 1 atom stereocenters. The van der Waals surface area contributed by atoms with Crippen LogP contribution in [0.3, 0.4) is 0 Å². The topological polar surface area (TPSA) is 37.8 Å². The van der Waals surface area contributed by atoms with E-state index in [9.17, 15) is 0 Å². The second-order valence-electron chi connectivity index (χ2n) is 4.25. The van der Waals surface area contributed by atoms with E-state index < -0.39 is 0 Å². The van der Waals surface area contributed by atoms with Gasteiger partial charge in [0.15, 0.2) is 0 Å². The zero-order valence-electron chi connectivity index (χ0n) is 10.8. The van der Waals surface area contributed by atoms with Gasteiger partial charge in [-0.05, 0) is 38.1 Å². The van der Waals surface area contributed by atoms with Gasteiger partial charge in [-0.2, -0.15) is 0 Å². The van der Waals surface area contributed by atoms with E-state index in [2.05, 4.69) is 45.3 Å². The molecule has 19 heavy (non-hydrogen) atoms. The molecule has 102 valence electrons. The Balaban J connectivity index is 2.23. The van der Waals surface area contributed by atoms with E-state index in [0.29, 0.717) is 5.02 Å². The third-order valence-corrected chi connectivity index (χ3v) is 4.63. The summed E-state index contributed by atoms with van der Waals surface area (Å²) in [5, 5.41) is 14.4. The first kappa shape index (κ1) is 14.9. The standard InChI is InChI=1S/C13H15BrClN3S/c1-3-6-16-8(2)12-17-18-13(19-12)10-7-9(14)4-5-11(10)15/h4-5,7-8,16H,3,6H2,1-2H3. The molecular weight excluding hydrogens is 346 g/mol. The highest BCUT2D eigenvalue weighted by Crippen LogP contribution is 2.33. The molecular formula is C13H15BrClN3S. The largest absolute Gasteiger partial charge is 0.308 e. The van der Waals surface area contributed by atoms with Crippen LogP contribution in [0.4, 0.5) is 0 Å². The molecule has 0 amide bonds. The fourth-order valence-corrected chi connectivity index (χ4v) is 3.15. The first-order chi connectivity index (χ1) is 9.11. The van der Waals surface area contributed by atoms with Crippen molar-refractivity contribution in [3.63, 3.8) is 0 Å². The third-order valence-electron chi connectivity index (χ3n) is 2.67. The summed E-state index contributed by atoms with van der Waals surface area (Å²) >= 11 is 11.2. The Hall–Kier alpha value is -0.490. The predicted molar refractivity (Wildman–Crippen MR) is 84.8 cm³/mol. The molecule has 1 heterocycles. The minimum Gasteiger partial charge on any atom is -0.308 e. The molecule has 2 aromatic rings. The monoisotopic (exact) mass is 359 g/mol. The number of rotatable bonds is 5. The lowest BCUT2D eigenvalue weighted by Crippen LogP contribution is -2.18. The van der Waals surface area contributed by atoms with Gasteiger partial charge in [0.2, 0.25) is 0 Å². The van der Waals surface area contributed by atoms with Gasteiger partial charge >= 0.3 is 0 Å². The fraction of sp³-hybridized carbons (Fsp3) is 0.385. The second-order valence-corrected chi connectivity index (χ2v) is 6.58. The molecule has 1 aromatic carbocycles. The van der Waals surface area contributed by atoms with Crippen LogP contribution in [0.25, 0.3) is 10.6 Å².